The molecule has 0 saturated carbocycles. The Kier molecular flexibility index (Phi) is 7.72. The summed E-state index contributed by atoms with van der Waals surface area (Å²) in [7, 11) is -3.67. The van der Waals surface area contributed by atoms with Crippen molar-refractivity contribution < 1.29 is 13.2 Å². The second-order valence-electron chi connectivity index (χ2n) is 8.77. The molecule has 2 unspecified atom stereocenters. The summed E-state index contributed by atoms with van der Waals surface area (Å²) in [4.78, 5) is 15.1. The van der Waals surface area contributed by atoms with Gasteiger partial charge in [-0.1, -0.05) is 36.7 Å². The van der Waals surface area contributed by atoms with E-state index in [9.17, 15) is 13.2 Å². The first kappa shape index (κ1) is 24.4. The molecule has 174 valence electrons. The van der Waals surface area contributed by atoms with E-state index in [1.807, 2.05) is 19.1 Å². The number of carbonyl (C=O) groups is 1. The number of aryl methyl sites for hydroxylation is 1. The van der Waals surface area contributed by atoms with E-state index in [0.717, 1.165) is 34.8 Å². The zero-order chi connectivity index (χ0) is 23.5. The van der Waals surface area contributed by atoms with Crippen molar-refractivity contribution in [2.45, 2.75) is 39.7 Å². The van der Waals surface area contributed by atoms with Crippen LogP contribution in [0.15, 0.2) is 42.5 Å². The lowest BCUT2D eigenvalue weighted by molar-refractivity contribution is -0.120. The van der Waals surface area contributed by atoms with E-state index in [4.69, 9.17) is 11.6 Å². The summed E-state index contributed by atoms with van der Waals surface area (Å²) in [5.41, 5.74) is 3.29. The first-order valence-corrected chi connectivity index (χ1v) is 13.2. The summed E-state index contributed by atoms with van der Waals surface area (Å²) in [5, 5.41) is 3.33. The number of nitrogens with zero attached hydrogens (tertiary/aromatic N) is 2. The van der Waals surface area contributed by atoms with Crippen LogP contribution in [0.25, 0.3) is 0 Å². The molecule has 1 N–H and O–H groups in total. The predicted molar refractivity (Wildman–Crippen MR) is 132 cm³/mol. The van der Waals surface area contributed by atoms with Crippen molar-refractivity contribution >= 4 is 38.9 Å². The highest BCUT2D eigenvalue weighted by Crippen LogP contribution is 2.27. The highest BCUT2D eigenvalue weighted by atomic mass is 35.5. The Morgan fingerprint density at radius 1 is 1.25 bits per heavy atom. The maximum absolute atomic E-state index is 12.7. The second-order valence-corrected chi connectivity index (χ2v) is 11.1. The number of nitrogens with one attached hydrogen (secondary N) is 1. The van der Waals surface area contributed by atoms with Crippen LogP contribution < -0.4 is 14.5 Å². The van der Waals surface area contributed by atoms with Gasteiger partial charge in [-0.3, -0.25) is 9.10 Å². The van der Waals surface area contributed by atoms with Crippen LogP contribution in [0.5, 0.6) is 0 Å². The third-order valence-electron chi connectivity index (χ3n) is 5.92. The summed E-state index contributed by atoms with van der Waals surface area (Å²) in [5.74, 6) is 0.318. The minimum Gasteiger partial charge on any atom is -0.371 e. The SMILES string of the molecule is Cc1ccc(Cl)cc1N(CC(=O)NC(C)c1ccc(N2CCCC(C)C2)cc1)S(C)(=O)=O. The fraction of sp³-hybridized carbons (Fsp3) is 0.458. The molecule has 3 rings (SSSR count). The Bertz CT molecular complexity index is 1060. The Morgan fingerprint density at radius 3 is 2.56 bits per heavy atom. The number of anilines is 2. The molecule has 1 saturated heterocycles. The highest BCUT2D eigenvalue weighted by Gasteiger charge is 2.24. The fourth-order valence-electron chi connectivity index (χ4n) is 4.13. The van der Waals surface area contributed by atoms with Crippen molar-refractivity contribution in [3.63, 3.8) is 0 Å². The summed E-state index contributed by atoms with van der Waals surface area (Å²) in [6, 6.07) is 13.0. The lowest BCUT2D eigenvalue weighted by Gasteiger charge is -2.33. The molecule has 1 fully saturated rings. The van der Waals surface area contributed by atoms with Crippen molar-refractivity contribution in [1.29, 1.82) is 0 Å². The molecule has 2 atom stereocenters. The molecule has 0 bridgehead atoms. The number of hydrogen-bond donors (Lipinski definition) is 1. The normalized spacial score (nSPS) is 17.7. The standard InChI is InChI=1S/C24H32ClN3O3S/c1-17-6-5-13-27(15-17)22-11-8-20(9-12-22)19(3)26-24(29)16-28(32(4,30)31)23-14-21(25)10-7-18(23)2/h7-12,14,17,19H,5-6,13,15-16H2,1-4H3,(H,26,29). The average Bonchev–Trinajstić information content (AvgIpc) is 2.73. The van der Waals surface area contributed by atoms with Crippen LogP contribution in [0.1, 0.15) is 43.9 Å². The first-order valence-electron chi connectivity index (χ1n) is 10.9. The maximum atomic E-state index is 12.7. The average molecular weight is 478 g/mol. The lowest BCUT2D eigenvalue weighted by Crippen LogP contribution is -2.41. The fourth-order valence-corrected chi connectivity index (χ4v) is 5.20. The number of halogens is 1. The summed E-state index contributed by atoms with van der Waals surface area (Å²) in [6.07, 6.45) is 3.57. The van der Waals surface area contributed by atoms with Gasteiger partial charge in [-0.25, -0.2) is 8.42 Å². The van der Waals surface area contributed by atoms with E-state index in [0.29, 0.717) is 16.6 Å². The van der Waals surface area contributed by atoms with E-state index in [-0.39, 0.29) is 18.5 Å². The Morgan fingerprint density at radius 2 is 1.94 bits per heavy atom. The summed E-state index contributed by atoms with van der Waals surface area (Å²) < 4.78 is 25.9. The van der Waals surface area contributed by atoms with Crippen molar-refractivity contribution in [1.82, 2.24) is 5.32 Å². The Labute approximate surface area is 196 Å². The van der Waals surface area contributed by atoms with Crippen LogP contribution in [0.2, 0.25) is 5.02 Å². The summed E-state index contributed by atoms with van der Waals surface area (Å²) in [6.45, 7) is 7.79. The molecule has 2 aromatic carbocycles. The van der Waals surface area contributed by atoms with Crippen molar-refractivity contribution in [3.8, 4) is 0 Å². The van der Waals surface area contributed by atoms with E-state index >= 15 is 0 Å². The smallest absolute Gasteiger partial charge is 0.241 e. The van der Waals surface area contributed by atoms with Gasteiger partial charge in [-0.15, -0.1) is 0 Å². The molecular formula is C24H32ClN3O3S. The molecular weight excluding hydrogens is 446 g/mol. The largest absolute Gasteiger partial charge is 0.371 e. The van der Waals surface area contributed by atoms with Crippen LogP contribution in [0.3, 0.4) is 0 Å². The monoisotopic (exact) mass is 477 g/mol. The van der Waals surface area contributed by atoms with Gasteiger partial charge in [0.1, 0.15) is 6.54 Å². The first-order chi connectivity index (χ1) is 15.0. The van der Waals surface area contributed by atoms with Crippen LogP contribution in [0, 0.1) is 12.8 Å². The molecule has 1 heterocycles. The molecule has 32 heavy (non-hydrogen) atoms. The lowest BCUT2D eigenvalue weighted by atomic mass is 9.99. The minimum atomic E-state index is -3.67. The van der Waals surface area contributed by atoms with Gasteiger partial charge in [0.05, 0.1) is 18.0 Å². The van der Waals surface area contributed by atoms with Crippen LogP contribution in [-0.2, 0) is 14.8 Å². The number of sulfonamides is 1. The van der Waals surface area contributed by atoms with Gasteiger partial charge in [-0.2, -0.15) is 0 Å². The third-order valence-corrected chi connectivity index (χ3v) is 7.28. The van der Waals surface area contributed by atoms with E-state index in [2.05, 4.69) is 29.3 Å². The van der Waals surface area contributed by atoms with Gasteiger partial charge < -0.3 is 10.2 Å². The molecule has 8 heteroatoms. The van der Waals surface area contributed by atoms with E-state index in [1.165, 1.54) is 18.5 Å². The molecule has 0 aliphatic carbocycles. The topological polar surface area (TPSA) is 69.7 Å². The van der Waals surface area contributed by atoms with Gasteiger partial charge >= 0.3 is 0 Å². The number of amides is 1. The third kappa shape index (κ3) is 6.17. The zero-order valence-electron chi connectivity index (χ0n) is 19.1. The second kappa shape index (κ2) is 10.1. The predicted octanol–water partition coefficient (Wildman–Crippen LogP) is 4.53. The van der Waals surface area contributed by atoms with Gasteiger partial charge in [-0.05, 0) is 68.0 Å². The highest BCUT2D eigenvalue weighted by molar-refractivity contribution is 7.92. The molecule has 0 radical (unpaired) electrons. The van der Waals surface area contributed by atoms with E-state index in [1.54, 1.807) is 25.1 Å². The molecule has 0 spiro atoms. The van der Waals surface area contributed by atoms with Crippen molar-refractivity contribution in [2.75, 3.05) is 35.1 Å². The Balaban J connectivity index is 1.68. The molecule has 1 aliphatic rings. The molecule has 0 aromatic heterocycles. The van der Waals surface area contributed by atoms with Gasteiger partial charge in [0.25, 0.3) is 0 Å². The van der Waals surface area contributed by atoms with Crippen LogP contribution in [-0.4, -0.2) is 40.2 Å². The molecule has 1 amide bonds. The Hall–Kier alpha value is -2.25. The molecule has 1 aliphatic heterocycles. The molecule has 2 aromatic rings. The summed E-state index contributed by atoms with van der Waals surface area (Å²) >= 11 is 6.06. The van der Waals surface area contributed by atoms with Crippen LogP contribution in [0.4, 0.5) is 11.4 Å². The van der Waals surface area contributed by atoms with Crippen molar-refractivity contribution in [3.05, 3.63) is 58.6 Å². The number of benzene rings is 2. The number of hydrogen-bond acceptors (Lipinski definition) is 4. The van der Waals surface area contributed by atoms with Gasteiger partial charge in [0.15, 0.2) is 0 Å². The quantitative estimate of drug-likeness (QED) is 0.636. The minimum absolute atomic E-state index is 0.251. The van der Waals surface area contributed by atoms with Gasteiger partial charge in [0, 0.05) is 23.8 Å². The van der Waals surface area contributed by atoms with Crippen molar-refractivity contribution in [2.24, 2.45) is 5.92 Å². The maximum Gasteiger partial charge on any atom is 0.241 e. The van der Waals surface area contributed by atoms with E-state index < -0.39 is 10.0 Å². The number of carbonyl (C=O) groups excluding carboxylic acids is 1. The van der Waals surface area contributed by atoms with Gasteiger partial charge in [0.2, 0.25) is 15.9 Å². The zero-order valence-corrected chi connectivity index (χ0v) is 20.7. The van der Waals surface area contributed by atoms with Crippen LogP contribution >= 0.6 is 11.6 Å². The molecule has 6 nitrogen and oxygen atoms in total. The number of rotatable bonds is 7. The number of piperidine rings is 1.